The molecule has 0 saturated carbocycles. The summed E-state index contributed by atoms with van der Waals surface area (Å²) in [4.78, 5) is 0. The number of rotatable bonds is 0. The van der Waals surface area contributed by atoms with E-state index in [2.05, 4.69) is 68.6 Å². The zero-order valence-corrected chi connectivity index (χ0v) is 10.4. The molecule has 0 aliphatic carbocycles. The van der Waals surface area contributed by atoms with E-state index in [4.69, 9.17) is 0 Å². The van der Waals surface area contributed by atoms with Crippen molar-refractivity contribution in [2.75, 3.05) is 3.93 Å². The summed E-state index contributed by atoms with van der Waals surface area (Å²) in [6, 6.07) is 17.2. The summed E-state index contributed by atoms with van der Waals surface area (Å²) >= 11 is 3.64. The van der Waals surface area contributed by atoms with Gasteiger partial charge in [-0.3, -0.25) is 0 Å². The Bertz CT molecular complexity index is 522. The zero-order valence-electron chi connectivity index (χ0n) is 8.86. The maximum absolute atomic E-state index is 3.64. The van der Waals surface area contributed by atoms with E-state index in [9.17, 15) is 0 Å². The molecule has 1 nitrogen and oxygen atoms in total. The van der Waals surface area contributed by atoms with Crippen LogP contribution in [-0.2, 0) is 13.0 Å². The third-order valence-electron chi connectivity index (χ3n) is 3.06. The lowest BCUT2D eigenvalue weighted by molar-refractivity contribution is 1.07. The van der Waals surface area contributed by atoms with Crippen LogP contribution in [-0.4, -0.2) is 0 Å². The topological polar surface area (TPSA) is 3.24 Å². The lowest BCUT2D eigenvalue weighted by Gasteiger charge is -2.16. The molecule has 0 aromatic heterocycles. The zero-order chi connectivity index (χ0) is 11.0. The summed E-state index contributed by atoms with van der Waals surface area (Å²) in [5, 5.41) is 0. The number of para-hydroxylation sites is 1. The van der Waals surface area contributed by atoms with Crippen LogP contribution in [0.15, 0.2) is 48.5 Å². The van der Waals surface area contributed by atoms with Gasteiger partial charge in [0.05, 0.1) is 12.2 Å². The first-order chi connectivity index (χ1) is 7.84. The van der Waals surface area contributed by atoms with Gasteiger partial charge in [-0.1, -0.05) is 42.5 Å². The molecule has 0 fully saturated rings. The van der Waals surface area contributed by atoms with Gasteiger partial charge >= 0.3 is 0 Å². The number of hydrogen-bond donors (Lipinski definition) is 0. The summed E-state index contributed by atoms with van der Waals surface area (Å²) in [6.45, 7) is 0.924. The second kappa shape index (κ2) is 3.95. The monoisotopic (exact) mass is 273 g/mol. The molecule has 2 aromatic carbocycles. The molecule has 0 atom stereocenters. The van der Waals surface area contributed by atoms with Gasteiger partial charge in [0.25, 0.3) is 0 Å². The fourth-order valence-electron chi connectivity index (χ4n) is 2.22. The van der Waals surface area contributed by atoms with E-state index in [0.29, 0.717) is 0 Å². The largest absolute Gasteiger partial charge is 0.304 e. The Balaban J connectivity index is 2.15. The van der Waals surface area contributed by atoms with Crippen LogP contribution >= 0.6 is 16.1 Å². The lowest BCUT2D eigenvalue weighted by atomic mass is 10.0. The minimum absolute atomic E-state index is 0.924. The van der Waals surface area contributed by atoms with Crippen molar-refractivity contribution >= 4 is 21.8 Å². The van der Waals surface area contributed by atoms with Gasteiger partial charge in [0, 0.05) is 16.1 Å². The Morgan fingerprint density at radius 3 is 2.25 bits per heavy atom. The first-order valence-electron chi connectivity index (χ1n) is 5.42. The van der Waals surface area contributed by atoms with Crippen molar-refractivity contribution < 1.29 is 0 Å². The van der Waals surface area contributed by atoms with Gasteiger partial charge in [-0.2, -0.15) is 0 Å². The molecule has 0 amide bonds. The van der Waals surface area contributed by atoms with E-state index in [-0.39, 0.29) is 0 Å². The summed E-state index contributed by atoms with van der Waals surface area (Å²) in [5.74, 6) is 0. The van der Waals surface area contributed by atoms with Crippen molar-refractivity contribution in [3.05, 3.63) is 65.2 Å². The van der Waals surface area contributed by atoms with E-state index in [1.165, 1.54) is 22.4 Å². The second-order valence-corrected chi connectivity index (χ2v) is 4.95. The SMILES string of the molecule is BrN1Cc2ccccc2Cc2ccccc21. The molecule has 0 N–H and O–H groups in total. The highest BCUT2D eigenvalue weighted by molar-refractivity contribution is 9.10. The van der Waals surface area contributed by atoms with Gasteiger partial charge in [-0.25, -0.2) is 0 Å². The fraction of sp³-hybridized carbons (Fsp3) is 0.143. The Morgan fingerprint density at radius 2 is 1.44 bits per heavy atom. The highest BCUT2D eigenvalue weighted by atomic mass is 79.9. The Labute approximate surface area is 104 Å². The molecular formula is C14H12BrN. The van der Waals surface area contributed by atoms with Crippen molar-refractivity contribution in [1.29, 1.82) is 0 Å². The molecule has 2 aromatic rings. The number of anilines is 1. The molecule has 0 spiro atoms. The van der Waals surface area contributed by atoms with Crippen LogP contribution in [0.1, 0.15) is 16.7 Å². The highest BCUT2D eigenvalue weighted by Gasteiger charge is 2.16. The van der Waals surface area contributed by atoms with E-state index in [1.54, 1.807) is 0 Å². The molecule has 80 valence electrons. The van der Waals surface area contributed by atoms with Crippen molar-refractivity contribution in [1.82, 2.24) is 0 Å². The van der Waals surface area contributed by atoms with Crippen LogP contribution < -0.4 is 3.93 Å². The van der Waals surface area contributed by atoms with Crippen molar-refractivity contribution in [3.63, 3.8) is 0 Å². The van der Waals surface area contributed by atoms with E-state index < -0.39 is 0 Å². The number of nitrogens with zero attached hydrogens (tertiary/aromatic N) is 1. The third-order valence-corrected chi connectivity index (χ3v) is 3.69. The van der Waals surface area contributed by atoms with E-state index >= 15 is 0 Å². The van der Waals surface area contributed by atoms with Crippen LogP contribution in [0, 0.1) is 0 Å². The molecule has 16 heavy (non-hydrogen) atoms. The predicted molar refractivity (Wildman–Crippen MR) is 70.8 cm³/mol. The standard InChI is InChI=1S/C14H12BrN/c15-16-10-13-7-2-1-5-11(13)9-12-6-3-4-8-14(12)16/h1-8H,9-10H2. The van der Waals surface area contributed by atoms with Gasteiger partial charge in [-0.05, 0) is 29.2 Å². The first-order valence-corrected chi connectivity index (χ1v) is 6.13. The quantitative estimate of drug-likeness (QED) is 0.658. The average Bonchev–Trinajstić information content (AvgIpc) is 2.45. The molecular weight excluding hydrogens is 262 g/mol. The average molecular weight is 274 g/mol. The van der Waals surface area contributed by atoms with E-state index in [0.717, 1.165) is 13.0 Å². The first kappa shape index (κ1) is 9.91. The predicted octanol–water partition coefficient (Wildman–Crippen LogP) is 3.91. The molecule has 1 aliphatic heterocycles. The van der Waals surface area contributed by atoms with Crippen molar-refractivity contribution in [2.24, 2.45) is 0 Å². The number of fused-ring (bicyclic) bond motifs is 2. The van der Waals surface area contributed by atoms with Gasteiger partial charge in [0.15, 0.2) is 0 Å². The van der Waals surface area contributed by atoms with Gasteiger partial charge < -0.3 is 3.93 Å². The summed E-state index contributed by atoms with van der Waals surface area (Å²) in [6.07, 6.45) is 1.02. The third kappa shape index (κ3) is 1.63. The Kier molecular flexibility index (Phi) is 2.44. The molecule has 0 bridgehead atoms. The number of halogens is 1. The van der Waals surface area contributed by atoms with Crippen molar-refractivity contribution in [3.8, 4) is 0 Å². The molecule has 0 radical (unpaired) electrons. The fourth-order valence-corrected chi connectivity index (χ4v) is 2.84. The Hall–Kier alpha value is -1.28. The van der Waals surface area contributed by atoms with Gasteiger partial charge in [0.2, 0.25) is 0 Å². The number of benzene rings is 2. The van der Waals surface area contributed by atoms with Crippen LogP contribution in [0.5, 0.6) is 0 Å². The van der Waals surface area contributed by atoms with Gasteiger partial charge in [-0.15, -0.1) is 0 Å². The maximum Gasteiger partial charge on any atom is 0.0549 e. The van der Waals surface area contributed by atoms with Crippen LogP contribution in [0.2, 0.25) is 0 Å². The normalized spacial score (nSPS) is 13.9. The minimum atomic E-state index is 0.924. The second-order valence-electron chi connectivity index (χ2n) is 4.09. The Morgan fingerprint density at radius 1 is 0.812 bits per heavy atom. The summed E-state index contributed by atoms with van der Waals surface area (Å²) in [7, 11) is 0. The molecule has 1 heterocycles. The van der Waals surface area contributed by atoms with Crippen LogP contribution in [0.3, 0.4) is 0 Å². The van der Waals surface area contributed by atoms with Crippen LogP contribution in [0.25, 0.3) is 0 Å². The molecule has 2 heteroatoms. The summed E-state index contributed by atoms with van der Waals surface area (Å²) in [5.41, 5.74) is 5.48. The minimum Gasteiger partial charge on any atom is -0.304 e. The smallest absolute Gasteiger partial charge is 0.0549 e. The lowest BCUT2D eigenvalue weighted by Crippen LogP contribution is -2.08. The molecule has 0 unspecified atom stereocenters. The maximum atomic E-state index is 3.64. The highest BCUT2D eigenvalue weighted by Crippen LogP contribution is 2.32. The molecule has 1 aliphatic rings. The molecule has 3 rings (SSSR count). The van der Waals surface area contributed by atoms with Crippen LogP contribution in [0.4, 0.5) is 5.69 Å². The molecule has 0 saturated heterocycles. The summed E-state index contributed by atoms with van der Waals surface area (Å²) < 4.78 is 2.15. The van der Waals surface area contributed by atoms with Crippen molar-refractivity contribution in [2.45, 2.75) is 13.0 Å². The van der Waals surface area contributed by atoms with Gasteiger partial charge in [0.1, 0.15) is 0 Å². The number of hydrogen-bond acceptors (Lipinski definition) is 1. The van der Waals surface area contributed by atoms with E-state index in [1.807, 2.05) is 0 Å².